The fraction of sp³-hybridized carbons (Fsp3) is 0.200. The first-order valence-corrected chi connectivity index (χ1v) is 6.86. The second kappa shape index (κ2) is 6.41. The van der Waals surface area contributed by atoms with Crippen molar-refractivity contribution in [3.8, 4) is 0 Å². The minimum absolute atomic E-state index is 0.0450. The maximum absolute atomic E-state index is 12.0. The highest BCUT2D eigenvalue weighted by Gasteiger charge is 2.21. The number of anilines is 2. The van der Waals surface area contributed by atoms with Crippen LogP contribution >= 0.6 is 23.1 Å². The summed E-state index contributed by atoms with van der Waals surface area (Å²) in [5, 5.41) is 23.5. The van der Waals surface area contributed by atoms with Crippen LogP contribution in [0.4, 0.5) is 16.5 Å². The first-order chi connectivity index (χ1) is 10.0. The maximum atomic E-state index is 12.0. The smallest absolute Gasteiger partial charge is 0.294 e. The summed E-state index contributed by atoms with van der Waals surface area (Å²) in [6.45, 7) is 2.24. The average Bonchev–Trinajstić information content (AvgIpc) is 2.93. The highest BCUT2D eigenvalue weighted by atomic mass is 35.5. The average molecular weight is 329 g/mol. The Balaban J connectivity index is 2.36. The molecule has 1 aromatic carbocycles. The highest BCUT2D eigenvalue weighted by Crippen LogP contribution is 2.33. The van der Waals surface area contributed by atoms with Crippen LogP contribution in [0, 0.1) is 10.1 Å². The van der Waals surface area contributed by atoms with Crippen molar-refractivity contribution in [3.63, 3.8) is 0 Å². The van der Waals surface area contributed by atoms with Gasteiger partial charge in [-0.1, -0.05) is 21.2 Å². The zero-order valence-electron chi connectivity index (χ0n) is 10.7. The van der Waals surface area contributed by atoms with Gasteiger partial charge in [-0.25, -0.2) is 0 Å². The standard InChI is InChI=1S/C10H9ClN6O3S/c1-2-12-8-6(11)3-5(4-7(8)17(19)20)9(18)13-10-14-15-16-21-10/h3-4,12H,2H2,1H3,(H,13,14,16,18). The summed E-state index contributed by atoms with van der Waals surface area (Å²) in [4.78, 5) is 22.5. The van der Waals surface area contributed by atoms with Gasteiger partial charge in [-0.15, -0.1) is 0 Å². The number of hydrogen-bond donors (Lipinski definition) is 2. The molecule has 0 saturated carbocycles. The molecule has 9 nitrogen and oxygen atoms in total. The van der Waals surface area contributed by atoms with Crippen molar-refractivity contribution in [3.05, 3.63) is 32.8 Å². The number of carbonyl (C=O) groups is 1. The fourth-order valence-corrected chi connectivity index (χ4v) is 2.21. The molecule has 1 aromatic heterocycles. The lowest BCUT2D eigenvalue weighted by atomic mass is 10.1. The van der Waals surface area contributed by atoms with Gasteiger partial charge in [-0.05, 0) is 18.2 Å². The van der Waals surface area contributed by atoms with Gasteiger partial charge in [0, 0.05) is 29.7 Å². The molecule has 0 aliphatic heterocycles. The van der Waals surface area contributed by atoms with Crippen LogP contribution in [0.2, 0.25) is 5.02 Å². The van der Waals surface area contributed by atoms with Crippen molar-refractivity contribution >= 4 is 45.5 Å². The van der Waals surface area contributed by atoms with Crippen molar-refractivity contribution in [2.45, 2.75) is 6.92 Å². The minimum atomic E-state index is -0.604. The molecule has 0 atom stereocenters. The van der Waals surface area contributed by atoms with Gasteiger partial charge in [0.2, 0.25) is 5.13 Å². The van der Waals surface area contributed by atoms with Crippen LogP contribution in [0.15, 0.2) is 12.1 Å². The predicted molar refractivity (Wildman–Crippen MR) is 77.9 cm³/mol. The molecular formula is C10H9ClN6O3S. The molecule has 2 aromatic rings. The Morgan fingerprint density at radius 2 is 2.29 bits per heavy atom. The molecule has 0 unspecified atom stereocenters. The van der Waals surface area contributed by atoms with Gasteiger partial charge in [0.05, 0.1) is 9.95 Å². The van der Waals surface area contributed by atoms with E-state index in [-0.39, 0.29) is 27.1 Å². The van der Waals surface area contributed by atoms with Crippen molar-refractivity contribution in [1.29, 1.82) is 0 Å². The van der Waals surface area contributed by atoms with E-state index < -0.39 is 10.8 Å². The van der Waals surface area contributed by atoms with Crippen molar-refractivity contribution in [2.24, 2.45) is 0 Å². The zero-order chi connectivity index (χ0) is 15.4. The van der Waals surface area contributed by atoms with Crippen LogP contribution in [0.1, 0.15) is 17.3 Å². The van der Waals surface area contributed by atoms with Crippen LogP contribution in [0.25, 0.3) is 0 Å². The van der Waals surface area contributed by atoms with E-state index in [1.54, 1.807) is 6.92 Å². The van der Waals surface area contributed by atoms with Gasteiger partial charge < -0.3 is 5.32 Å². The minimum Gasteiger partial charge on any atom is -0.379 e. The Morgan fingerprint density at radius 1 is 1.52 bits per heavy atom. The third kappa shape index (κ3) is 3.41. The number of nitrogens with one attached hydrogen (secondary N) is 2. The normalized spacial score (nSPS) is 10.2. The first-order valence-electron chi connectivity index (χ1n) is 5.71. The zero-order valence-corrected chi connectivity index (χ0v) is 12.2. The molecule has 11 heteroatoms. The number of rotatable bonds is 5. The number of nitro benzene ring substituents is 1. The topological polar surface area (TPSA) is 123 Å². The van der Waals surface area contributed by atoms with Crippen LogP contribution in [0.3, 0.4) is 0 Å². The van der Waals surface area contributed by atoms with Crippen LogP contribution < -0.4 is 10.6 Å². The second-order valence-corrected chi connectivity index (χ2v) is 4.90. The number of nitro groups is 1. The molecule has 0 saturated heterocycles. The quantitative estimate of drug-likeness (QED) is 0.636. The molecule has 21 heavy (non-hydrogen) atoms. The summed E-state index contributed by atoms with van der Waals surface area (Å²) < 4.78 is 3.49. The summed E-state index contributed by atoms with van der Waals surface area (Å²) in [5.41, 5.74) is -0.0493. The summed E-state index contributed by atoms with van der Waals surface area (Å²) in [7, 11) is 0. The van der Waals surface area contributed by atoms with E-state index in [0.29, 0.717) is 6.54 Å². The Kier molecular flexibility index (Phi) is 4.60. The highest BCUT2D eigenvalue weighted by molar-refractivity contribution is 7.09. The molecule has 0 aliphatic rings. The van der Waals surface area contributed by atoms with E-state index in [0.717, 1.165) is 17.6 Å². The number of nitrogens with zero attached hydrogens (tertiary/aromatic N) is 4. The molecule has 1 amide bonds. The van der Waals surface area contributed by atoms with Gasteiger partial charge in [-0.2, -0.15) is 0 Å². The second-order valence-electron chi connectivity index (χ2n) is 3.76. The van der Waals surface area contributed by atoms with Gasteiger partial charge in [0.1, 0.15) is 5.69 Å². The number of halogens is 1. The van der Waals surface area contributed by atoms with E-state index in [9.17, 15) is 14.9 Å². The SMILES string of the molecule is CCNc1c(Cl)cc(C(=O)Nc2nnns2)cc1[N+](=O)[O-]. The van der Waals surface area contributed by atoms with Crippen molar-refractivity contribution < 1.29 is 9.72 Å². The monoisotopic (exact) mass is 328 g/mol. The molecule has 0 fully saturated rings. The predicted octanol–water partition coefficient (Wildman–Crippen LogP) is 2.18. The summed E-state index contributed by atoms with van der Waals surface area (Å²) in [5.74, 6) is -0.582. The Bertz CT molecular complexity index is 678. The molecule has 0 aliphatic carbocycles. The van der Waals surface area contributed by atoms with Crippen molar-refractivity contribution in [1.82, 2.24) is 14.8 Å². The largest absolute Gasteiger partial charge is 0.379 e. The van der Waals surface area contributed by atoms with Gasteiger partial charge in [-0.3, -0.25) is 20.2 Å². The maximum Gasteiger partial charge on any atom is 0.294 e. The Morgan fingerprint density at radius 3 is 2.86 bits per heavy atom. The van der Waals surface area contributed by atoms with E-state index in [4.69, 9.17) is 11.6 Å². The van der Waals surface area contributed by atoms with Crippen LogP contribution in [-0.2, 0) is 0 Å². The summed E-state index contributed by atoms with van der Waals surface area (Å²) in [6, 6.07) is 2.49. The number of amides is 1. The molecule has 2 N–H and O–H groups in total. The molecule has 0 bridgehead atoms. The molecular weight excluding hydrogens is 320 g/mol. The Labute approximate surface area is 127 Å². The molecule has 0 spiro atoms. The van der Waals surface area contributed by atoms with Gasteiger partial charge in [0.25, 0.3) is 11.6 Å². The third-order valence-electron chi connectivity index (χ3n) is 2.40. The number of benzene rings is 1. The lowest BCUT2D eigenvalue weighted by molar-refractivity contribution is -0.384. The summed E-state index contributed by atoms with van der Waals surface area (Å²) in [6.07, 6.45) is 0. The summed E-state index contributed by atoms with van der Waals surface area (Å²) >= 11 is 6.89. The van der Waals surface area contributed by atoms with Crippen molar-refractivity contribution in [2.75, 3.05) is 17.2 Å². The molecule has 110 valence electrons. The number of hydrogen-bond acceptors (Lipinski definition) is 8. The Hall–Kier alpha value is -2.33. The lowest BCUT2D eigenvalue weighted by Gasteiger charge is -2.09. The van der Waals surface area contributed by atoms with E-state index in [1.165, 1.54) is 6.07 Å². The van der Waals surface area contributed by atoms with Crippen LogP contribution in [0.5, 0.6) is 0 Å². The fourth-order valence-electron chi connectivity index (χ4n) is 1.57. The van der Waals surface area contributed by atoms with Gasteiger partial charge >= 0.3 is 0 Å². The molecule has 0 radical (unpaired) electrons. The van der Waals surface area contributed by atoms with Crippen LogP contribution in [-0.4, -0.2) is 32.2 Å². The van der Waals surface area contributed by atoms with E-state index >= 15 is 0 Å². The molecule has 1 heterocycles. The number of aromatic nitrogens is 3. The van der Waals surface area contributed by atoms with Gasteiger partial charge in [0.15, 0.2) is 0 Å². The van der Waals surface area contributed by atoms with E-state index in [2.05, 4.69) is 25.4 Å². The number of carbonyl (C=O) groups excluding carboxylic acids is 1. The first kappa shape index (κ1) is 15.1. The lowest BCUT2D eigenvalue weighted by Crippen LogP contribution is -2.13. The van der Waals surface area contributed by atoms with E-state index in [1.807, 2.05) is 0 Å². The third-order valence-corrected chi connectivity index (χ3v) is 3.21. The molecule has 2 rings (SSSR count).